The van der Waals surface area contributed by atoms with Gasteiger partial charge in [0.15, 0.2) is 5.88 Å². The number of nitrogens with zero attached hydrogens (tertiary/aromatic N) is 2. The third-order valence-electron chi connectivity index (χ3n) is 4.30. The van der Waals surface area contributed by atoms with Gasteiger partial charge in [0.05, 0.1) is 21.7 Å². The molecule has 2 aromatic heterocycles. The standard InChI is InChI=1S/C17H12N4O4/c1-8-6-9(21(24)25)7-11-13(17(22)19-14(8)11)16-15(20-23)10-4-2-3-5-12(10)18-16/h2-7,18-19,22H,1H3. The van der Waals surface area contributed by atoms with Gasteiger partial charge in [0, 0.05) is 28.4 Å². The van der Waals surface area contributed by atoms with Gasteiger partial charge in [-0.1, -0.05) is 18.2 Å². The molecule has 8 nitrogen and oxygen atoms in total. The van der Waals surface area contributed by atoms with Crippen molar-refractivity contribution in [3.05, 3.63) is 57.0 Å². The number of aromatic nitrogens is 2. The van der Waals surface area contributed by atoms with Gasteiger partial charge in [-0.2, -0.15) is 0 Å². The molecular formula is C17H12N4O4. The number of H-pyrrole nitrogens is 2. The molecule has 0 amide bonds. The Kier molecular flexibility index (Phi) is 3.08. The molecule has 0 fully saturated rings. The van der Waals surface area contributed by atoms with Crippen LogP contribution in [0.5, 0.6) is 5.88 Å². The minimum absolute atomic E-state index is 0.0954. The number of fused-ring (bicyclic) bond motifs is 2. The first-order valence-corrected chi connectivity index (χ1v) is 7.45. The van der Waals surface area contributed by atoms with Crippen LogP contribution in [0.15, 0.2) is 41.6 Å². The van der Waals surface area contributed by atoms with Crippen molar-refractivity contribution < 1.29 is 10.0 Å². The predicted molar refractivity (Wildman–Crippen MR) is 94.1 cm³/mol. The van der Waals surface area contributed by atoms with Crippen LogP contribution in [0.1, 0.15) is 5.56 Å². The van der Waals surface area contributed by atoms with Crippen LogP contribution in [0.2, 0.25) is 0 Å². The summed E-state index contributed by atoms with van der Waals surface area (Å²) in [4.78, 5) is 28.0. The van der Waals surface area contributed by atoms with E-state index in [2.05, 4.69) is 15.1 Å². The molecule has 3 N–H and O–H groups in total. The average molecular weight is 336 g/mol. The molecule has 0 saturated carbocycles. The van der Waals surface area contributed by atoms with E-state index in [4.69, 9.17) is 0 Å². The molecule has 0 aliphatic heterocycles. The second-order valence-electron chi connectivity index (χ2n) is 5.78. The summed E-state index contributed by atoms with van der Waals surface area (Å²) >= 11 is 0. The lowest BCUT2D eigenvalue weighted by atomic mass is 10.0. The molecule has 0 spiro atoms. The maximum atomic E-state index is 11.4. The highest BCUT2D eigenvalue weighted by Gasteiger charge is 2.23. The fraction of sp³-hybridized carbons (Fsp3) is 0.0588. The van der Waals surface area contributed by atoms with E-state index in [1.54, 1.807) is 31.2 Å². The van der Waals surface area contributed by atoms with Gasteiger partial charge in [-0.25, -0.2) is 0 Å². The van der Waals surface area contributed by atoms with Crippen LogP contribution in [0, 0.1) is 21.9 Å². The number of nitro benzene ring substituents is 1. The zero-order valence-electron chi connectivity index (χ0n) is 13.0. The second kappa shape index (κ2) is 5.17. The van der Waals surface area contributed by atoms with E-state index in [1.807, 2.05) is 0 Å². The van der Waals surface area contributed by atoms with Gasteiger partial charge in [0.1, 0.15) is 5.69 Å². The van der Waals surface area contributed by atoms with E-state index in [9.17, 15) is 20.1 Å². The zero-order chi connectivity index (χ0) is 17.7. The first-order valence-electron chi connectivity index (χ1n) is 7.45. The maximum Gasteiger partial charge on any atom is 0.270 e. The fourth-order valence-electron chi connectivity index (χ4n) is 3.20. The molecule has 0 unspecified atom stereocenters. The van der Waals surface area contributed by atoms with Gasteiger partial charge in [0.2, 0.25) is 0 Å². The molecule has 0 bridgehead atoms. The van der Waals surface area contributed by atoms with Crippen LogP contribution < -0.4 is 0 Å². The van der Waals surface area contributed by atoms with Gasteiger partial charge in [-0.3, -0.25) is 10.1 Å². The smallest absolute Gasteiger partial charge is 0.270 e. The van der Waals surface area contributed by atoms with Crippen molar-refractivity contribution in [3.8, 4) is 17.1 Å². The summed E-state index contributed by atoms with van der Waals surface area (Å²) < 4.78 is 0. The minimum Gasteiger partial charge on any atom is -0.494 e. The van der Waals surface area contributed by atoms with Crippen molar-refractivity contribution in [2.75, 3.05) is 0 Å². The lowest BCUT2D eigenvalue weighted by Gasteiger charge is -2.00. The molecule has 0 aliphatic rings. The van der Waals surface area contributed by atoms with Crippen molar-refractivity contribution >= 4 is 33.2 Å². The topological polar surface area (TPSA) is 124 Å². The number of rotatable bonds is 3. The number of nitro groups is 1. The third kappa shape index (κ3) is 2.08. The predicted octanol–water partition coefficient (Wildman–Crippen LogP) is 4.64. The number of aromatic hydroxyl groups is 1. The number of aromatic amines is 2. The maximum absolute atomic E-state index is 11.4. The molecule has 2 aromatic carbocycles. The Morgan fingerprint density at radius 1 is 1.16 bits per heavy atom. The first-order chi connectivity index (χ1) is 12.0. The van der Waals surface area contributed by atoms with Gasteiger partial charge >= 0.3 is 0 Å². The van der Waals surface area contributed by atoms with Crippen molar-refractivity contribution in [3.63, 3.8) is 0 Å². The first kappa shape index (κ1) is 14.9. The van der Waals surface area contributed by atoms with E-state index in [1.165, 1.54) is 12.1 Å². The summed E-state index contributed by atoms with van der Waals surface area (Å²) in [6, 6.07) is 9.90. The Morgan fingerprint density at radius 2 is 1.92 bits per heavy atom. The molecule has 0 radical (unpaired) electrons. The fourth-order valence-corrected chi connectivity index (χ4v) is 3.20. The Morgan fingerprint density at radius 3 is 2.64 bits per heavy atom. The summed E-state index contributed by atoms with van der Waals surface area (Å²) in [5, 5.41) is 25.7. The van der Waals surface area contributed by atoms with E-state index < -0.39 is 4.92 Å². The lowest BCUT2D eigenvalue weighted by Crippen LogP contribution is -1.89. The number of non-ortho nitro benzene ring substituents is 1. The van der Waals surface area contributed by atoms with Crippen molar-refractivity contribution in [1.29, 1.82) is 0 Å². The van der Waals surface area contributed by atoms with Crippen LogP contribution >= 0.6 is 0 Å². The van der Waals surface area contributed by atoms with Gasteiger partial charge < -0.3 is 15.1 Å². The summed E-state index contributed by atoms with van der Waals surface area (Å²) in [5.74, 6) is -0.185. The van der Waals surface area contributed by atoms with E-state index >= 15 is 0 Å². The Labute approximate surface area is 140 Å². The molecular weight excluding hydrogens is 324 g/mol. The number of nitrogens with one attached hydrogen (secondary N) is 2. The summed E-state index contributed by atoms with van der Waals surface area (Å²) in [5.41, 5.74) is 2.52. The van der Waals surface area contributed by atoms with E-state index in [0.717, 1.165) is 0 Å². The van der Waals surface area contributed by atoms with Gasteiger partial charge in [-0.15, -0.1) is 4.91 Å². The molecule has 2 heterocycles. The molecule has 25 heavy (non-hydrogen) atoms. The summed E-state index contributed by atoms with van der Waals surface area (Å²) in [6.45, 7) is 1.71. The third-order valence-corrected chi connectivity index (χ3v) is 4.30. The number of aryl methyl sites for hydroxylation is 1. The molecule has 124 valence electrons. The second-order valence-corrected chi connectivity index (χ2v) is 5.78. The Hall–Kier alpha value is -3.68. The Bertz CT molecular complexity index is 1170. The molecule has 4 aromatic rings. The largest absolute Gasteiger partial charge is 0.494 e. The average Bonchev–Trinajstić information content (AvgIpc) is 3.11. The molecule has 0 aliphatic carbocycles. The van der Waals surface area contributed by atoms with Crippen LogP contribution in [0.4, 0.5) is 11.4 Å². The van der Waals surface area contributed by atoms with E-state index in [0.29, 0.717) is 33.1 Å². The number of para-hydroxylation sites is 1. The normalized spacial score (nSPS) is 11.2. The van der Waals surface area contributed by atoms with Gasteiger partial charge in [0.25, 0.3) is 5.69 Å². The highest BCUT2D eigenvalue weighted by atomic mass is 16.6. The number of nitroso groups, excluding NO2 is 1. The molecule has 8 heteroatoms. The van der Waals surface area contributed by atoms with Crippen molar-refractivity contribution in [1.82, 2.24) is 9.97 Å². The monoisotopic (exact) mass is 336 g/mol. The lowest BCUT2D eigenvalue weighted by molar-refractivity contribution is -0.384. The highest BCUT2D eigenvalue weighted by molar-refractivity contribution is 6.08. The Balaban J connectivity index is 2.13. The minimum atomic E-state index is -0.496. The van der Waals surface area contributed by atoms with Gasteiger partial charge in [-0.05, 0) is 23.7 Å². The molecule has 4 rings (SSSR count). The molecule has 0 saturated heterocycles. The zero-order valence-corrected chi connectivity index (χ0v) is 13.0. The van der Waals surface area contributed by atoms with Crippen LogP contribution in [0.3, 0.4) is 0 Å². The van der Waals surface area contributed by atoms with Crippen LogP contribution in [0.25, 0.3) is 33.1 Å². The summed E-state index contributed by atoms with van der Waals surface area (Å²) in [7, 11) is 0. The van der Waals surface area contributed by atoms with E-state index in [-0.39, 0.29) is 22.8 Å². The molecule has 0 atom stereocenters. The van der Waals surface area contributed by atoms with Crippen molar-refractivity contribution in [2.24, 2.45) is 5.18 Å². The SMILES string of the molecule is Cc1cc([N+](=O)[O-])cc2c(-c3[nH]c4ccccc4c3N=O)c(O)[nH]c12. The van der Waals surface area contributed by atoms with Crippen LogP contribution in [-0.2, 0) is 0 Å². The number of hydrogen-bond acceptors (Lipinski definition) is 5. The summed E-state index contributed by atoms with van der Waals surface area (Å²) in [6.07, 6.45) is 0. The van der Waals surface area contributed by atoms with Crippen molar-refractivity contribution in [2.45, 2.75) is 6.92 Å². The number of benzene rings is 2. The quantitative estimate of drug-likeness (QED) is 0.286. The van der Waals surface area contributed by atoms with Crippen LogP contribution in [-0.4, -0.2) is 20.0 Å². The number of hydrogen-bond donors (Lipinski definition) is 3. The highest BCUT2D eigenvalue weighted by Crippen LogP contribution is 2.45.